The van der Waals surface area contributed by atoms with Crippen LogP contribution in [0.1, 0.15) is 21.5 Å². The fraction of sp³-hybridized carbons (Fsp3) is 0.136. The minimum absolute atomic E-state index is 0.210. The fourth-order valence-corrected chi connectivity index (χ4v) is 4.13. The number of aryl methyl sites for hydroxylation is 1. The van der Waals surface area contributed by atoms with E-state index in [4.69, 9.17) is 11.6 Å². The molecule has 1 N–H and O–H groups in total. The van der Waals surface area contributed by atoms with Crippen LogP contribution in [0.25, 0.3) is 0 Å². The molecule has 0 aliphatic rings. The summed E-state index contributed by atoms with van der Waals surface area (Å²) in [5.74, 6) is -0.315. The second-order valence-corrected chi connectivity index (χ2v) is 10.1. The van der Waals surface area contributed by atoms with Crippen molar-refractivity contribution < 1.29 is 13.2 Å². The monoisotopic (exact) mass is 506 g/mol. The van der Waals surface area contributed by atoms with E-state index in [2.05, 4.69) is 21.2 Å². The number of hydrogen-bond acceptors (Lipinski definition) is 3. The average molecular weight is 508 g/mol. The van der Waals surface area contributed by atoms with E-state index in [1.165, 1.54) is 10.6 Å². The molecule has 0 aromatic heterocycles. The van der Waals surface area contributed by atoms with E-state index in [1.54, 1.807) is 42.5 Å². The molecule has 0 radical (unpaired) electrons. The highest BCUT2D eigenvalue weighted by Gasteiger charge is 2.18. The Bertz CT molecular complexity index is 1160. The van der Waals surface area contributed by atoms with Crippen molar-refractivity contribution in [3.05, 3.63) is 92.9 Å². The molecule has 0 unspecified atom stereocenters. The molecule has 0 fully saturated rings. The summed E-state index contributed by atoms with van der Waals surface area (Å²) < 4.78 is 26.8. The molecule has 3 aromatic rings. The molecular weight excluding hydrogens is 488 g/mol. The number of nitrogens with one attached hydrogen (secondary N) is 1. The van der Waals surface area contributed by atoms with Crippen LogP contribution in [0, 0.1) is 6.92 Å². The van der Waals surface area contributed by atoms with Gasteiger partial charge in [-0.3, -0.25) is 9.10 Å². The molecule has 0 spiro atoms. The van der Waals surface area contributed by atoms with Gasteiger partial charge in [0.05, 0.1) is 23.5 Å². The predicted molar refractivity (Wildman–Crippen MR) is 126 cm³/mol. The first-order valence-corrected chi connectivity index (χ1v) is 12.0. The van der Waals surface area contributed by atoms with Gasteiger partial charge in [-0.2, -0.15) is 0 Å². The minimum atomic E-state index is -3.50. The Morgan fingerprint density at radius 2 is 1.67 bits per heavy atom. The molecule has 1 amide bonds. The lowest BCUT2D eigenvalue weighted by Gasteiger charge is -2.23. The van der Waals surface area contributed by atoms with Gasteiger partial charge in [0.25, 0.3) is 5.91 Å². The Balaban J connectivity index is 1.79. The first-order chi connectivity index (χ1) is 14.1. The quantitative estimate of drug-likeness (QED) is 0.470. The van der Waals surface area contributed by atoms with Crippen LogP contribution in [0.4, 0.5) is 11.4 Å². The summed E-state index contributed by atoms with van der Waals surface area (Å²) in [4.78, 5) is 12.5. The van der Waals surface area contributed by atoms with Gasteiger partial charge in [0, 0.05) is 15.7 Å². The molecule has 0 bridgehead atoms. The van der Waals surface area contributed by atoms with Crippen molar-refractivity contribution in [2.24, 2.45) is 0 Å². The SMILES string of the molecule is Cc1ccc(CN(c2ccc(C(=O)Nc3ccc(Br)c(Cl)c3)cc2)S(C)(=O)=O)cc1. The lowest BCUT2D eigenvalue weighted by atomic mass is 10.1. The number of nitrogens with zero attached hydrogens (tertiary/aromatic N) is 1. The van der Waals surface area contributed by atoms with Crippen molar-refractivity contribution in [3.8, 4) is 0 Å². The third kappa shape index (κ3) is 5.62. The van der Waals surface area contributed by atoms with E-state index >= 15 is 0 Å². The zero-order valence-corrected chi connectivity index (χ0v) is 19.6. The van der Waals surface area contributed by atoms with Crippen molar-refractivity contribution >= 4 is 54.8 Å². The van der Waals surface area contributed by atoms with Gasteiger partial charge in [-0.05, 0) is 70.9 Å². The van der Waals surface area contributed by atoms with Crippen molar-refractivity contribution in [2.75, 3.05) is 15.9 Å². The molecule has 8 heteroatoms. The highest BCUT2D eigenvalue weighted by molar-refractivity contribution is 9.10. The molecule has 0 aliphatic carbocycles. The highest BCUT2D eigenvalue weighted by Crippen LogP contribution is 2.26. The number of halogens is 2. The summed E-state index contributed by atoms with van der Waals surface area (Å²) in [5.41, 5.74) is 3.43. The van der Waals surface area contributed by atoms with Gasteiger partial charge in [-0.25, -0.2) is 8.42 Å². The van der Waals surface area contributed by atoms with Crippen LogP contribution in [0.5, 0.6) is 0 Å². The van der Waals surface area contributed by atoms with E-state index in [-0.39, 0.29) is 12.5 Å². The molecule has 0 saturated heterocycles. The number of benzene rings is 3. The summed E-state index contributed by atoms with van der Waals surface area (Å²) in [6, 6.07) is 19.2. The molecule has 5 nitrogen and oxygen atoms in total. The Morgan fingerprint density at radius 1 is 1.03 bits per heavy atom. The van der Waals surface area contributed by atoms with Crippen molar-refractivity contribution in [2.45, 2.75) is 13.5 Å². The lowest BCUT2D eigenvalue weighted by Crippen LogP contribution is -2.29. The summed E-state index contributed by atoms with van der Waals surface area (Å²) in [6.45, 7) is 2.19. The Labute approximate surface area is 189 Å². The van der Waals surface area contributed by atoms with Gasteiger partial charge in [-0.15, -0.1) is 0 Å². The number of hydrogen-bond donors (Lipinski definition) is 1. The molecule has 0 heterocycles. The first kappa shape index (κ1) is 22.3. The topological polar surface area (TPSA) is 66.5 Å². The van der Waals surface area contributed by atoms with Crippen LogP contribution < -0.4 is 9.62 Å². The Kier molecular flexibility index (Phi) is 6.85. The maximum atomic E-state index is 12.5. The predicted octanol–water partition coefficient (Wildman–Crippen LogP) is 5.63. The Hall–Kier alpha value is -2.35. The zero-order valence-electron chi connectivity index (χ0n) is 16.4. The first-order valence-electron chi connectivity index (χ1n) is 9.03. The second-order valence-electron chi connectivity index (χ2n) is 6.89. The van der Waals surface area contributed by atoms with Crippen LogP contribution in [-0.4, -0.2) is 20.6 Å². The van der Waals surface area contributed by atoms with Gasteiger partial charge in [0.15, 0.2) is 0 Å². The third-order valence-corrected chi connectivity index (χ3v) is 6.82. The Morgan fingerprint density at radius 3 is 2.23 bits per heavy atom. The summed E-state index contributed by atoms with van der Waals surface area (Å²) >= 11 is 9.36. The summed E-state index contributed by atoms with van der Waals surface area (Å²) in [6.07, 6.45) is 1.17. The molecule has 0 atom stereocenters. The van der Waals surface area contributed by atoms with E-state index in [0.717, 1.165) is 15.6 Å². The van der Waals surface area contributed by atoms with E-state index in [0.29, 0.717) is 22.0 Å². The van der Waals surface area contributed by atoms with Gasteiger partial charge < -0.3 is 5.32 Å². The van der Waals surface area contributed by atoms with Gasteiger partial charge in [0.1, 0.15) is 0 Å². The van der Waals surface area contributed by atoms with E-state index < -0.39 is 10.0 Å². The average Bonchev–Trinajstić information content (AvgIpc) is 2.69. The second kappa shape index (κ2) is 9.20. The highest BCUT2D eigenvalue weighted by atomic mass is 79.9. The summed E-state index contributed by atoms with van der Waals surface area (Å²) in [5, 5.41) is 3.26. The van der Waals surface area contributed by atoms with Crippen LogP contribution in [-0.2, 0) is 16.6 Å². The molecule has 30 heavy (non-hydrogen) atoms. The van der Waals surface area contributed by atoms with Crippen molar-refractivity contribution in [3.63, 3.8) is 0 Å². The molecular formula is C22H20BrClN2O3S. The molecule has 0 saturated carbocycles. The van der Waals surface area contributed by atoms with E-state index in [1.807, 2.05) is 31.2 Å². The smallest absolute Gasteiger partial charge is 0.255 e. The largest absolute Gasteiger partial charge is 0.322 e. The third-order valence-electron chi connectivity index (χ3n) is 4.44. The number of amides is 1. The van der Waals surface area contributed by atoms with Gasteiger partial charge in [-0.1, -0.05) is 41.4 Å². The standard InChI is InChI=1S/C22H20BrClN2O3S/c1-15-3-5-16(6-4-15)14-26(30(2,28)29)19-10-7-17(8-11-19)22(27)25-18-9-12-20(23)21(24)13-18/h3-13H,14H2,1-2H3,(H,25,27). The zero-order chi connectivity index (χ0) is 21.9. The van der Waals surface area contributed by atoms with Gasteiger partial charge >= 0.3 is 0 Å². The van der Waals surface area contributed by atoms with Crippen molar-refractivity contribution in [1.29, 1.82) is 0 Å². The molecule has 3 rings (SSSR count). The molecule has 0 aliphatic heterocycles. The van der Waals surface area contributed by atoms with Crippen molar-refractivity contribution in [1.82, 2.24) is 0 Å². The van der Waals surface area contributed by atoms with E-state index in [9.17, 15) is 13.2 Å². The van der Waals surface area contributed by atoms with Gasteiger partial charge in [0.2, 0.25) is 10.0 Å². The maximum Gasteiger partial charge on any atom is 0.255 e. The van der Waals surface area contributed by atoms with Crippen LogP contribution in [0.3, 0.4) is 0 Å². The van der Waals surface area contributed by atoms with Crippen LogP contribution >= 0.6 is 27.5 Å². The van der Waals surface area contributed by atoms with Crippen LogP contribution in [0.15, 0.2) is 71.2 Å². The fourth-order valence-electron chi connectivity index (χ4n) is 2.82. The number of anilines is 2. The number of carbonyl (C=O) groups excluding carboxylic acids is 1. The van der Waals surface area contributed by atoms with Crippen LogP contribution in [0.2, 0.25) is 5.02 Å². The number of carbonyl (C=O) groups is 1. The molecule has 156 valence electrons. The lowest BCUT2D eigenvalue weighted by molar-refractivity contribution is 0.102. The number of sulfonamides is 1. The minimum Gasteiger partial charge on any atom is -0.322 e. The number of rotatable bonds is 6. The maximum absolute atomic E-state index is 12.5. The molecule has 3 aromatic carbocycles. The normalized spacial score (nSPS) is 11.2. The summed E-state index contributed by atoms with van der Waals surface area (Å²) in [7, 11) is -3.50.